The number of aliphatic carboxylic acids is 1. The highest BCUT2D eigenvalue weighted by Gasteiger charge is 2.32. The van der Waals surface area contributed by atoms with Crippen LogP contribution >= 0.6 is 0 Å². The van der Waals surface area contributed by atoms with Crippen molar-refractivity contribution in [3.8, 4) is 0 Å². The van der Waals surface area contributed by atoms with Gasteiger partial charge in [-0.3, -0.25) is 14.5 Å². The summed E-state index contributed by atoms with van der Waals surface area (Å²) in [4.78, 5) is 37.4. The van der Waals surface area contributed by atoms with Crippen molar-refractivity contribution < 1.29 is 24.6 Å². The molecule has 1 aliphatic heterocycles. The van der Waals surface area contributed by atoms with E-state index < -0.39 is 18.0 Å². The third kappa shape index (κ3) is 3.08. The first-order chi connectivity index (χ1) is 11.9. The molecule has 8 heteroatoms. The van der Waals surface area contributed by atoms with Crippen LogP contribution in [0.15, 0.2) is 24.4 Å². The van der Waals surface area contributed by atoms with Crippen molar-refractivity contribution >= 4 is 29.3 Å². The summed E-state index contributed by atoms with van der Waals surface area (Å²) in [5.74, 6) is -1.99. The van der Waals surface area contributed by atoms with Crippen LogP contribution in [0.3, 0.4) is 0 Å². The Bertz CT molecular complexity index is 836. The van der Waals surface area contributed by atoms with Crippen molar-refractivity contribution in [2.75, 3.05) is 26.2 Å². The van der Waals surface area contributed by atoms with Crippen molar-refractivity contribution in [1.82, 2.24) is 14.4 Å². The lowest BCUT2D eigenvalue weighted by Crippen LogP contribution is -2.48. The molecule has 0 bridgehead atoms. The summed E-state index contributed by atoms with van der Waals surface area (Å²) in [7, 11) is 1.76. The molecule has 1 aromatic heterocycles. The number of aromatic carboxylic acids is 1. The SMILES string of the molecule is Cn1cc([C@H](C(=O)O)N2CCN(C=O)CC2)c2ccc(C(=O)O)cc21. The van der Waals surface area contributed by atoms with Gasteiger partial charge < -0.3 is 19.7 Å². The van der Waals surface area contributed by atoms with E-state index in [0.29, 0.717) is 37.3 Å². The summed E-state index contributed by atoms with van der Waals surface area (Å²) in [6.45, 7) is 1.92. The van der Waals surface area contributed by atoms with E-state index in [0.717, 1.165) is 11.8 Å². The number of piperazine rings is 1. The maximum Gasteiger partial charge on any atom is 0.335 e. The van der Waals surface area contributed by atoms with E-state index >= 15 is 0 Å². The van der Waals surface area contributed by atoms with Gasteiger partial charge in [0.05, 0.1) is 5.56 Å². The van der Waals surface area contributed by atoms with Gasteiger partial charge >= 0.3 is 11.9 Å². The number of hydrogen-bond donors (Lipinski definition) is 2. The molecule has 2 N–H and O–H groups in total. The Kier molecular flexibility index (Phi) is 4.45. The summed E-state index contributed by atoms with van der Waals surface area (Å²) in [6.07, 6.45) is 2.51. The molecule has 2 heterocycles. The summed E-state index contributed by atoms with van der Waals surface area (Å²) in [5.41, 5.74) is 1.46. The standard InChI is InChI=1S/C17H19N3O5/c1-18-9-13(12-3-2-11(16(22)23)8-14(12)18)15(17(24)25)20-6-4-19(10-21)5-7-20/h2-3,8-10,15H,4-7H2,1H3,(H,22,23)(H,24,25)/t15-/m1/s1. The normalized spacial score (nSPS) is 16.8. The van der Waals surface area contributed by atoms with Crippen LogP contribution < -0.4 is 0 Å². The van der Waals surface area contributed by atoms with Gasteiger partial charge in [0, 0.05) is 55.9 Å². The Hall–Kier alpha value is -2.87. The van der Waals surface area contributed by atoms with Gasteiger partial charge in [0.2, 0.25) is 6.41 Å². The van der Waals surface area contributed by atoms with Crippen LogP contribution in [0.1, 0.15) is 22.0 Å². The molecule has 8 nitrogen and oxygen atoms in total. The number of benzene rings is 1. The molecular weight excluding hydrogens is 326 g/mol. The number of fused-ring (bicyclic) bond motifs is 1. The van der Waals surface area contributed by atoms with E-state index in [1.165, 1.54) is 6.07 Å². The van der Waals surface area contributed by atoms with E-state index in [1.807, 2.05) is 4.90 Å². The lowest BCUT2D eigenvalue weighted by molar-refractivity contribution is -0.144. The number of carbonyl (C=O) groups excluding carboxylic acids is 1. The van der Waals surface area contributed by atoms with Gasteiger partial charge in [0.1, 0.15) is 6.04 Å². The number of aryl methyl sites for hydroxylation is 1. The van der Waals surface area contributed by atoms with Gasteiger partial charge in [-0.15, -0.1) is 0 Å². The Balaban J connectivity index is 2.01. The second kappa shape index (κ2) is 6.56. The zero-order valence-electron chi connectivity index (χ0n) is 13.8. The van der Waals surface area contributed by atoms with Crippen molar-refractivity contribution in [3.63, 3.8) is 0 Å². The van der Waals surface area contributed by atoms with E-state index in [-0.39, 0.29) is 5.56 Å². The molecule has 1 saturated heterocycles. The number of amides is 1. The van der Waals surface area contributed by atoms with Gasteiger partial charge in [-0.1, -0.05) is 6.07 Å². The van der Waals surface area contributed by atoms with Crippen molar-refractivity contribution in [3.05, 3.63) is 35.5 Å². The van der Waals surface area contributed by atoms with Gasteiger partial charge in [0.25, 0.3) is 0 Å². The molecule has 1 amide bonds. The Labute approximate surface area is 143 Å². The van der Waals surface area contributed by atoms with E-state index in [1.54, 1.807) is 34.8 Å². The Morgan fingerprint density at radius 1 is 1.16 bits per heavy atom. The Morgan fingerprint density at radius 3 is 2.40 bits per heavy atom. The minimum atomic E-state index is -1.02. The molecule has 3 rings (SSSR count). The minimum absolute atomic E-state index is 0.159. The van der Waals surface area contributed by atoms with Gasteiger partial charge in [-0.2, -0.15) is 0 Å². The van der Waals surface area contributed by atoms with Crippen LogP contribution in [0, 0.1) is 0 Å². The van der Waals surface area contributed by atoms with Crippen LogP contribution in [0.4, 0.5) is 0 Å². The van der Waals surface area contributed by atoms with Crippen molar-refractivity contribution in [1.29, 1.82) is 0 Å². The Morgan fingerprint density at radius 2 is 1.84 bits per heavy atom. The fourth-order valence-corrected chi connectivity index (χ4v) is 3.35. The topological polar surface area (TPSA) is 103 Å². The third-order valence-electron chi connectivity index (χ3n) is 4.66. The molecule has 0 radical (unpaired) electrons. The van der Waals surface area contributed by atoms with Crippen LogP contribution in [0.25, 0.3) is 10.9 Å². The van der Waals surface area contributed by atoms with Gasteiger partial charge in [-0.05, 0) is 12.1 Å². The molecule has 0 spiro atoms. The summed E-state index contributed by atoms with van der Waals surface area (Å²) in [5, 5.41) is 19.7. The number of nitrogens with zero attached hydrogens (tertiary/aromatic N) is 3. The zero-order valence-corrected chi connectivity index (χ0v) is 13.8. The number of rotatable bonds is 5. The predicted molar refractivity (Wildman–Crippen MR) is 89.5 cm³/mol. The van der Waals surface area contributed by atoms with Gasteiger partial charge in [-0.25, -0.2) is 4.79 Å². The molecular formula is C17H19N3O5. The molecule has 25 heavy (non-hydrogen) atoms. The monoisotopic (exact) mass is 345 g/mol. The minimum Gasteiger partial charge on any atom is -0.480 e. The third-order valence-corrected chi connectivity index (χ3v) is 4.66. The first-order valence-electron chi connectivity index (χ1n) is 7.91. The number of aromatic nitrogens is 1. The molecule has 0 aliphatic carbocycles. The van der Waals surface area contributed by atoms with Crippen molar-refractivity contribution in [2.24, 2.45) is 7.05 Å². The first-order valence-corrected chi connectivity index (χ1v) is 7.91. The van der Waals surface area contributed by atoms with Crippen LogP contribution in [-0.4, -0.2) is 69.1 Å². The van der Waals surface area contributed by atoms with Crippen LogP contribution in [0.2, 0.25) is 0 Å². The zero-order chi connectivity index (χ0) is 18.1. The molecule has 1 aliphatic rings. The average molecular weight is 345 g/mol. The number of hydrogen-bond acceptors (Lipinski definition) is 4. The van der Waals surface area contributed by atoms with E-state index in [2.05, 4.69) is 0 Å². The molecule has 0 unspecified atom stereocenters. The fraction of sp³-hybridized carbons (Fsp3) is 0.353. The smallest absolute Gasteiger partial charge is 0.335 e. The fourth-order valence-electron chi connectivity index (χ4n) is 3.35. The molecule has 132 valence electrons. The highest BCUT2D eigenvalue weighted by atomic mass is 16.4. The summed E-state index contributed by atoms with van der Waals surface area (Å²) >= 11 is 0. The van der Waals surface area contributed by atoms with Crippen LogP contribution in [0.5, 0.6) is 0 Å². The quantitative estimate of drug-likeness (QED) is 0.776. The molecule has 1 fully saturated rings. The van der Waals surface area contributed by atoms with Crippen molar-refractivity contribution in [2.45, 2.75) is 6.04 Å². The lowest BCUT2D eigenvalue weighted by atomic mass is 10.0. The average Bonchev–Trinajstić information content (AvgIpc) is 2.91. The second-order valence-corrected chi connectivity index (χ2v) is 6.15. The first kappa shape index (κ1) is 17.0. The molecule has 0 saturated carbocycles. The highest BCUT2D eigenvalue weighted by molar-refractivity contribution is 5.96. The molecule has 1 atom stereocenters. The molecule has 1 aromatic carbocycles. The van der Waals surface area contributed by atoms with Crippen LogP contribution in [-0.2, 0) is 16.6 Å². The van der Waals surface area contributed by atoms with Gasteiger partial charge in [0.15, 0.2) is 0 Å². The number of carboxylic acids is 2. The van der Waals surface area contributed by atoms with E-state index in [4.69, 9.17) is 5.11 Å². The second-order valence-electron chi connectivity index (χ2n) is 6.15. The summed E-state index contributed by atoms with van der Waals surface area (Å²) in [6, 6.07) is 3.85. The maximum absolute atomic E-state index is 12.0. The lowest BCUT2D eigenvalue weighted by Gasteiger charge is -2.36. The summed E-state index contributed by atoms with van der Waals surface area (Å²) < 4.78 is 1.74. The largest absolute Gasteiger partial charge is 0.480 e. The number of carboxylic acid groups (broad SMARTS) is 2. The predicted octanol–water partition coefficient (Wildman–Crippen LogP) is 0.776. The molecule has 2 aromatic rings. The van der Waals surface area contributed by atoms with E-state index in [9.17, 15) is 19.5 Å². The number of carbonyl (C=O) groups is 3. The highest BCUT2D eigenvalue weighted by Crippen LogP contribution is 2.31. The maximum atomic E-state index is 12.0.